The number of aromatic amines is 1. The lowest BCUT2D eigenvalue weighted by Gasteiger charge is -2.07. The fourth-order valence-electron chi connectivity index (χ4n) is 1.71. The molecular weight excluding hydrogens is 290 g/mol. The number of hydrogen-bond acceptors (Lipinski definition) is 7. The molecule has 1 N–H and O–H groups in total. The molecule has 112 valence electrons. The van der Waals surface area contributed by atoms with Gasteiger partial charge < -0.3 is 13.9 Å². The molecule has 1 heterocycles. The molecule has 2 rings (SSSR count). The highest BCUT2D eigenvalue weighted by Gasteiger charge is 2.10. The van der Waals surface area contributed by atoms with Crippen molar-refractivity contribution in [2.45, 2.75) is 0 Å². The van der Waals surface area contributed by atoms with Crippen molar-refractivity contribution in [3.8, 4) is 17.6 Å². The Morgan fingerprint density at radius 3 is 2.64 bits per heavy atom. The quantitative estimate of drug-likeness (QED) is 0.830. The van der Waals surface area contributed by atoms with Crippen LogP contribution in [0.5, 0.6) is 11.5 Å². The lowest BCUT2D eigenvalue weighted by atomic mass is 10.1. The van der Waals surface area contributed by atoms with Gasteiger partial charge in [0.05, 0.1) is 14.2 Å². The van der Waals surface area contributed by atoms with E-state index >= 15 is 0 Å². The molecule has 0 bridgehead atoms. The van der Waals surface area contributed by atoms with Gasteiger partial charge in [0.1, 0.15) is 11.6 Å². The van der Waals surface area contributed by atoms with E-state index in [-0.39, 0.29) is 11.5 Å². The summed E-state index contributed by atoms with van der Waals surface area (Å²) in [4.78, 5) is 27.6. The van der Waals surface area contributed by atoms with Crippen molar-refractivity contribution in [3.05, 3.63) is 50.7 Å². The Morgan fingerprint density at radius 2 is 2.05 bits per heavy atom. The maximum absolute atomic E-state index is 11.2. The van der Waals surface area contributed by atoms with Crippen LogP contribution in [0, 0.1) is 11.3 Å². The van der Waals surface area contributed by atoms with Crippen molar-refractivity contribution in [2.75, 3.05) is 14.2 Å². The van der Waals surface area contributed by atoms with Crippen LogP contribution < -0.4 is 20.9 Å². The Labute approximate surface area is 124 Å². The summed E-state index contributed by atoms with van der Waals surface area (Å²) >= 11 is 0. The van der Waals surface area contributed by atoms with E-state index in [2.05, 4.69) is 4.98 Å². The monoisotopic (exact) mass is 301 g/mol. The Balaban J connectivity index is 2.52. The molecule has 1 aromatic carbocycles. The second kappa shape index (κ2) is 6.41. The van der Waals surface area contributed by atoms with Gasteiger partial charge in [0.2, 0.25) is 5.89 Å². The third-order valence-corrected chi connectivity index (χ3v) is 2.67. The Bertz CT molecular complexity index is 845. The number of methoxy groups -OCH3 is 2. The van der Waals surface area contributed by atoms with Crippen LogP contribution >= 0.6 is 0 Å². The average Bonchev–Trinajstić information content (AvgIpc) is 2.51. The fourth-order valence-corrected chi connectivity index (χ4v) is 1.71. The van der Waals surface area contributed by atoms with Gasteiger partial charge in [0, 0.05) is 0 Å². The minimum Gasteiger partial charge on any atom is -0.493 e. The molecule has 8 heteroatoms. The lowest BCUT2D eigenvalue weighted by Crippen LogP contribution is -2.22. The first-order valence-electron chi connectivity index (χ1n) is 6.03. The molecule has 0 spiro atoms. The number of hydrogen-bond donors (Lipinski definition) is 1. The van der Waals surface area contributed by atoms with Crippen LogP contribution in [0.1, 0.15) is 11.5 Å². The number of nitriles is 1. The third kappa shape index (κ3) is 3.21. The van der Waals surface area contributed by atoms with Gasteiger partial charge in [-0.3, -0.25) is 0 Å². The summed E-state index contributed by atoms with van der Waals surface area (Å²) in [6.45, 7) is 0. The largest absolute Gasteiger partial charge is 0.493 e. The highest BCUT2D eigenvalue weighted by atomic mass is 16.5. The summed E-state index contributed by atoms with van der Waals surface area (Å²) < 4.78 is 15.0. The molecule has 0 aliphatic rings. The number of nitrogens with one attached hydrogen (secondary N) is 1. The number of benzene rings is 1. The van der Waals surface area contributed by atoms with Gasteiger partial charge in [0.25, 0.3) is 0 Å². The molecule has 0 aliphatic heterocycles. The van der Waals surface area contributed by atoms with E-state index in [0.717, 1.165) is 0 Å². The predicted molar refractivity (Wildman–Crippen MR) is 76.4 cm³/mol. The third-order valence-electron chi connectivity index (χ3n) is 2.67. The molecule has 0 radical (unpaired) electrons. The van der Waals surface area contributed by atoms with Crippen molar-refractivity contribution in [1.82, 2.24) is 9.97 Å². The molecule has 0 fully saturated rings. The summed E-state index contributed by atoms with van der Waals surface area (Å²) in [5, 5.41) is 9.16. The first kappa shape index (κ1) is 15.1. The smallest absolute Gasteiger partial charge is 0.422 e. The predicted octanol–water partition coefficient (Wildman–Crippen LogP) is 0.804. The SMILES string of the molecule is COc1ccc(/C=C(\C#N)c2nc(=O)[nH]c(=O)o2)cc1OC. The van der Waals surface area contributed by atoms with Crippen molar-refractivity contribution >= 4 is 11.6 Å². The van der Waals surface area contributed by atoms with Gasteiger partial charge in [-0.2, -0.15) is 10.2 Å². The molecule has 0 saturated heterocycles. The maximum Gasteiger partial charge on any atom is 0.422 e. The van der Waals surface area contributed by atoms with Crippen LogP contribution in [-0.4, -0.2) is 24.2 Å². The van der Waals surface area contributed by atoms with Crippen LogP contribution in [0.4, 0.5) is 0 Å². The van der Waals surface area contributed by atoms with Gasteiger partial charge in [0.15, 0.2) is 11.5 Å². The van der Waals surface area contributed by atoms with E-state index in [9.17, 15) is 9.59 Å². The molecular formula is C14H11N3O5. The van der Waals surface area contributed by atoms with Crippen LogP contribution in [-0.2, 0) is 0 Å². The zero-order chi connectivity index (χ0) is 16.1. The molecule has 0 atom stereocenters. The van der Waals surface area contributed by atoms with Crippen molar-refractivity contribution < 1.29 is 13.9 Å². The number of ether oxygens (including phenoxy) is 2. The maximum atomic E-state index is 11.2. The number of H-pyrrole nitrogens is 1. The summed E-state index contributed by atoms with van der Waals surface area (Å²) in [6, 6.07) is 6.78. The summed E-state index contributed by atoms with van der Waals surface area (Å²) in [6.07, 6.45) is 1.41. The van der Waals surface area contributed by atoms with Crippen LogP contribution in [0.3, 0.4) is 0 Å². The minimum absolute atomic E-state index is 0.0737. The second-order valence-corrected chi connectivity index (χ2v) is 4.02. The zero-order valence-corrected chi connectivity index (χ0v) is 11.7. The van der Waals surface area contributed by atoms with Gasteiger partial charge >= 0.3 is 11.4 Å². The number of aromatic nitrogens is 2. The summed E-state index contributed by atoms with van der Waals surface area (Å²) in [5.41, 5.74) is -0.380. The first-order chi connectivity index (χ1) is 10.6. The normalized spacial score (nSPS) is 10.9. The summed E-state index contributed by atoms with van der Waals surface area (Å²) in [7, 11) is 2.98. The van der Waals surface area contributed by atoms with Crippen molar-refractivity contribution in [2.24, 2.45) is 0 Å². The number of rotatable bonds is 4. The molecule has 1 aromatic heterocycles. The van der Waals surface area contributed by atoms with Gasteiger partial charge in [-0.1, -0.05) is 6.07 Å². The standard InChI is InChI=1S/C14H11N3O5/c1-20-10-4-3-8(6-11(10)21-2)5-9(7-15)12-16-13(18)17-14(19)22-12/h3-6H,1-2H3,(H,17,18,19)/b9-5+. The molecule has 0 saturated carbocycles. The van der Waals surface area contributed by atoms with E-state index in [4.69, 9.17) is 19.2 Å². The Kier molecular flexibility index (Phi) is 4.38. The van der Waals surface area contributed by atoms with E-state index in [1.54, 1.807) is 18.2 Å². The average molecular weight is 301 g/mol. The molecule has 0 aliphatic carbocycles. The first-order valence-corrected chi connectivity index (χ1v) is 6.03. The van der Waals surface area contributed by atoms with Crippen LogP contribution in [0.15, 0.2) is 32.2 Å². The molecule has 2 aromatic rings. The number of allylic oxidation sites excluding steroid dienone is 1. The summed E-state index contributed by atoms with van der Waals surface area (Å²) in [5.74, 6) is -0.345. The highest BCUT2D eigenvalue weighted by Crippen LogP contribution is 2.28. The van der Waals surface area contributed by atoms with E-state index in [1.165, 1.54) is 20.3 Å². The molecule has 22 heavy (non-hydrogen) atoms. The molecule has 0 amide bonds. The van der Waals surface area contributed by atoms with Gasteiger partial charge in [-0.15, -0.1) is 0 Å². The lowest BCUT2D eigenvalue weighted by molar-refractivity contribution is 0.355. The van der Waals surface area contributed by atoms with Crippen LogP contribution in [0.25, 0.3) is 11.6 Å². The van der Waals surface area contributed by atoms with E-state index < -0.39 is 11.4 Å². The zero-order valence-electron chi connectivity index (χ0n) is 11.7. The fraction of sp³-hybridized carbons (Fsp3) is 0.143. The van der Waals surface area contributed by atoms with E-state index in [0.29, 0.717) is 17.1 Å². The number of nitrogens with zero attached hydrogens (tertiary/aromatic N) is 2. The Hall–Kier alpha value is -3.34. The van der Waals surface area contributed by atoms with Crippen molar-refractivity contribution in [1.29, 1.82) is 5.26 Å². The van der Waals surface area contributed by atoms with Gasteiger partial charge in [-0.05, 0) is 23.8 Å². The molecule has 8 nitrogen and oxygen atoms in total. The topological polar surface area (TPSA) is 118 Å². The Morgan fingerprint density at radius 1 is 1.32 bits per heavy atom. The highest BCUT2D eigenvalue weighted by molar-refractivity contribution is 5.86. The van der Waals surface area contributed by atoms with Crippen LogP contribution in [0.2, 0.25) is 0 Å². The van der Waals surface area contributed by atoms with E-state index in [1.807, 2.05) is 11.1 Å². The minimum atomic E-state index is -0.983. The molecule has 0 unspecified atom stereocenters. The van der Waals surface area contributed by atoms with Crippen molar-refractivity contribution in [3.63, 3.8) is 0 Å². The van der Waals surface area contributed by atoms with Gasteiger partial charge in [-0.25, -0.2) is 14.6 Å². The second-order valence-electron chi connectivity index (χ2n) is 4.02.